The van der Waals surface area contributed by atoms with Crippen molar-refractivity contribution in [3.8, 4) is 0 Å². The minimum Gasteiger partial charge on any atom is -0.460 e. The highest BCUT2D eigenvalue weighted by atomic mass is 16.5. The first-order valence-electron chi connectivity index (χ1n) is 7.53. The van der Waals surface area contributed by atoms with E-state index in [0.29, 0.717) is 12.3 Å². The van der Waals surface area contributed by atoms with Crippen LogP contribution in [0.5, 0.6) is 0 Å². The molecule has 2 aromatic carbocycles. The van der Waals surface area contributed by atoms with E-state index in [1.807, 2.05) is 24.3 Å². The Morgan fingerprint density at radius 3 is 2.41 bits per heavy atom. The molecule has 3 rings (SSSR count). The van der Waals surface area contributed by atoms with Gasteiger partial charge in [0.1, 0.15) is 11.5 Å². The Labute approximate surface area is 131 Å². The second-order valence-corrected chi connectivity index (χ2v) is 5.27. The van der Waals surface area contributed by atoms with Gasteiger partial charge in [0.25, 0.3) is 0 Å². The van der Waals surface area contributed by atoms with Crippen LogP contribution in [0.3, 0.4) is 0 Å². The van der Waals surface area contributed by atoms with Crippen LogP contribution in [0.4, 0.5) is 0 Å². The van der Waals surface area contributed by atoms with E-state index in [-0.39, 0.29) is 0 Å². The van der Waals surface area contributed by atoms with E-state index >= 15 is 0 Å². The summed E-state index contributed by atoms with van der Waals surface area (Å²) in [6, 6.07) is 18.6. The van der Waals surface area contributed by atoms with Crippen molar-refractivity contribution in [1.82, 2.24) is 0 Å². The summed E-state index contributed by atoms with van der Waals surface area (Å²) in [5.41, 5.74) is 4.37. The molecule has 110 valence electrons. The molecule has 0 bridgehead atoms. The molecular weight excluding hydrogens is 270 g/mol. The van der Waals surface area contributed by atoms with Crippen LogP contribution in [-0.2, 0) is 11.2 Å². The van der Waals surface area contributed by atoms with E-state index in [4.69, 9.17) is 4.74 Å². The van der Waals surface area contributed by atoms with Crippen LogP contribution in [0.2, 0.25) is 0 Å². The summed E-state index contributed by atoms with van der Waals surface area (Å²) in [4.78, 5) is 4.60. The highest BCUT2D eigenvalue weighted by Crippen LogP contribution is 2.23. The number of nitrogens with zero attached hydrogens (tertiary/aromatic N) is 1. The fraction of sp³-hybridized carbons (Fsp3) is 0.150. The molecule has 2 heteroatoms. The molecule has 0 aromatic heterocycles. The maximum absolute atomic E-state index is 5.87. The highest BCUT2D eigenvalue weighted by Gasteiger charge is 2.12. The lowest BCUT2D eigenvalue weighted by Crippen LogP contribution is -1.97. The summed E-state index contributed by atoms with van der Waals surface area (Å²) < 4.78 is 5.87. The Bertz CT molecular complexity index is 724. The van der Waals surface area contributed by atoms with Crippen molar-refractivity contribution >= 4 is 11.5 Å². The topological polar surface area (TPSA) is 21.6 Å². The number of aryl methyl sites for hydroxylation is 1. The molecule has 0 unspecified atom stereocenters. The summed E-state index contributed by atoms with van der Waals surface area (Å²) in [5.74, 6) is 1.46. The van der Waals surface area contributed by atoms with Crippen molar-refractivity contribution in [2.24, 2.45) is 4.99 Å². The van der Waals surface area contributed by atoms with Gasteiger partial charge in [-0.05, 0) is 17.5 Å². The number of allylic oxidation sites excluding steroid dienone is 1. The number of hydrogen-bond acceptors (Lipinski definition) is 2. The average molecular weight is 289 g/mol. The third-order valence-corrected chi connectivity index (χ3v) is 3.66. The number of ether oxygens (including phenoxy) is 1. The van der Waals surface area contributed by atoms with Gasteiger partial charge in [0, 0.05) is 11.6 Å². The zero-order valence-corrected chi connectivity index (χ0v) is 12.8. The van der Waals surface area contributed by atoms with Gasteiger partial charge in [0.05, 0.1) is 12.3 Å². The predicted octanol–water partition coefficient (Wildman–Crippen LogP) is 4.62. The maximum atomic E-state index is 5.87. The molecule has 1 aliphatic rings. The second kappa shape index (κ2) is 6.44. The first kappa shape index (κ1) is 14.3. The third-order valence-electron chi connectivity index (χ3n) is 3.66. The first-order valence-corrected chi connectivity index (χ1v) is 7.53. The van der Waals surface area contributed by atoms with E-state index < -0.39 is 0 Å². The Morgan fingerprint density at radius 2 is 1.73 bits per heavy atom. The van der Waals surface area contributed by atoms with Gasteiger partial charge in [-0.1, -0.05) is 68.1 Å². The number of aliphatic imine (C=N–C) groups is 1. The number of benzene rings is 2. The summed E-state index contributed by atoms with van der Waals surface area (Å²) in [5, 5.41) is 0. The third kappa shape index (κ3) is 3.17. The van der Waals surface area contributed by atoms with E-state index in [0.717, 1.165) is 29.0 Å². The van der Waals surface area contributed by atoms with Crippen molar-refractivity contribution in [1.29, 1.82) is 0 Å². The predicted molar refractivity (Wildman–Crippen MR) is 91.9 cm³/mol. The van der Waals surface area contributed by atoms with Gasteiger partial charge in [0.15, 0.2) is 0 Å². The van der Waals surface area contributed by atoms with Crippen LogP contribution < -0.4 is 0 Å². The first-order chi connectivity index (χ1) is 10.8. The van der Waals surface area contributed by atoms with Crippen LogP contribution in [0.1, 0.15) is 23.6 Å². The quantitative estimate of drug-likeness (QED) is 0.807. The van der Waals surface area contributed by atoms with Crippen molar-refractivity contribution in [2.75, 3.05) is 6.54 Å². The minimum atomic E-state index is 0.483. The summed E-state index contributed by atoms with van der Waals surface area (Å²) in [7, 11) is 0. The van der Waals surface area contributed by atoms with Gasteiger partial charge in [0.2, 0.25) is 0 Å². The molecule has 0 saturated heterocycles. The van der Waals surface area contributed by atoms with Crippen molar-refractivity contribution in [3.05, 3.63) is 89.7 Å². The van der Waals surface area contributed by atoms with Crippen molar-refractivity contribution in [3.63, 3.8) is 0 Å². The van der Waals surface area contributed by atoms with Gasteiger partial charge in [-0.25, -0.2) is 0 Å². The fourth-order valence-electron chi connectivity index (χ4n) is 2.39. The van der Waals surface area contributed by atoms with Gasteiger partial charge in [-0.3, -0.25) is 4.99 Å². The maximum Gasteiger partial charge on any atom is 0.136 e. The SMILES string of the molecule is C=C1CN=C(c2ccccc2)C=C(c2ccc(CC)cc2)O1. The normalized spacial score (nSPS) is 14.7. The molecule has 0 atom stereocenters. The zero-order chi connectivity index (χ0) is 15.4. The number of rotatable bonds is 3. The molecule has 1 heterocycles. The second-order valence-electron chi connectivity index (χ2n) is 5.27. The number of hydrogen-bond donors (Lipinski definition) is 0. The largest absolute Gasteiger partial charge is 0.460 e. The van der Waals surface area contributed by atoms with E-state index in [1.54, 1.807) is 0 Å². The monoisotopic (exact) mass is 289 g/mol. The molecule has 2 aromatic rings. The van der Waals surface area contributed by atoms with E-state index in [1.165, 1.54) is 5.56 Å². The summed E-state index contributed by atoms with van der Waals surface area (Å²) >= 11 is 0. The molecule has 1 aliphatic heterocycles. The van der Waals surface area contributed by atoms with E-state index in [2.05, 4.69) is 54.9 Å². The molecule has 2 nitrogen and oxygen atoms in total. The van der Waals surface area contributed by atoms with Crippen LogP contribution in [0.15, 0.2) is 78.0 Å². The standard InChI is InChI=1S/C20H19NO/c1-3-16-9-11-18(12-10-16)20-13-19(21-14-15(2)22-20)17-7-5-4-6-8-17/h4-13H,2-3,14H2,1H3. The Morgan fingerprint density at radius 1 is 1.00 bits per heavy atom. The van der Waals surface area contributed by atoms with Gasteiger partial charge in [-0.2, -0.15) is 0 Å². The minimum absolute atomic E-state index is 0.483. The van der Waals surface area contributed by atoms with Crippen LogP contribution in [-0.4, -0.2) is 12.3 Å². The smallest absolute Gasteiger partial charge is 0.136 e. The van der Waals surface area contributed by atoms with Crippen molar-refractivity contribution < 1.29 is 4.74 Å². The molecule has 22 heavy (non-hydrogen) atoms. The summed E-state index contributed by atoms with van der Waals surface area (Å²) in [6.07, 6.45) is 3.03. The Balaban J connectivity index is 1.99. The molecule has 0 saturated carbocycles. The molecule has 0 radical (unpaired) electrons. The summed E-state index contributed by atoms with van der Waals surface area (Å²) in [6.45, 7) is 6.58. The lowest BCUT2D eigenvalue weighted by Gasteiger charge is -2.10. The van der Waals surface area contributed by atoms with Gasteiger partial charge < -0.3 is 4.74 Å². The molecule has 0 N–H and O–H groups in total. The fourth-order valence-corrected chi connectivity index (χ4v) is 2.39. The zero-order valence-electron chi connectivity index (χ0n) is 12.8. The molecule has 0 amide bonds. The lowest BCUT2D eigenvalue weighted by molar-refractivity contribution is 0.381. The van der Waals surface area contributed by atoms with Gasteiger partial charge >= 0.3 is 0 Å². The van der Waals surface area contributed by atoms with Crippen molar-refractivity contribution in [2.45, 2.75) is 13.3 Å². The lowest BCUT2D eigenvalue weighted by atomic mass is 10.1. The van der Waals surface area contributed by atoms with Crippen LogP contribution >= 0.6 is 0 Å². The van der Waals surface area contributed by atoms with Crippen LogP contribution in [0, 0.1) is 0 Å². The highest BCUT2D eigenvalue weighted by molar-refractivity contribution is 6.12. The van der Waals surface area contributed by atoms with E-state index in [9.17, 15) is 0 Å². The Kier molecular flexibility index (Phi) is 4.19. The molecule has 0 fully saturated rings. The molecular formula is C20H19NO. The molecule has 0 aliphatic carbocycles. The van der Waals surface area contributed by atoms with Gasteiger partial charge in [-0.15, -0.1) is 0 Å². The molecule has 0 spiro atoms. The van der Waals surface area contributed by atoms with Crippen LogP contribution in [0.25, 0.3) is 5.76 Å². The average Bonchev–Trinajstić information content (AvgIpc) is 2.78. The Hall–Kier alpha value is -2.61.